The van der Waals surface area contributed by atoms with Crippen LogP contribution in [0.4, 0.5) is 5.69 Å². The van der Waals surface area contributed by atoms with E-state index in [1.54, 1.807) is 12.1 Å². The van der Waals surface area contributed by atoms with Crippen LogP contribution in [0.2, 0.25) is 0 Å². The molecule has 2 amide bonds. The number of furan rings is 1. The van der Waals surface area contributed by atoms with Crippen molar-refractivity contribution < 1.29 is 22.4 Å². The molecule has 0 unspecified atom stereocenters. The monoisotopic (exact) mass is 362 g/mol. The lowest BCUT2D eigenvalue weighted by molar-refractivity contribution is -0.117. The summed E-state index contributed by atoms with van der Waals surface area (Å²) in [6, 6.07) is 9.30. The summed E-state index contributed by atoms with van der Waals surface area (Å²) in [4.78, 5) is 23.6. The Hall–Kier alpha value is -2.87. The lowest BCUT2D eigenvalue weighted by Gasteiger charge is -2.06. The lowest BCUT2D eigenvalue weighted by Crippen LogP contribution is -2.26. The van der Waals surface area contributed by atoms with Crippen molar-refractivity contribution >= 4 is 33.4 Å². The summed E-state index contributed by atoms with van der Waals surface area (Å²) in [6.45, 7) is 0.175. The number of carbonyl (C=O) groups is 2. The summed E-state index contributed by atoms with van der Waals surface area (Å²) in [7, 11) is -3.27. The molecule has 1 heterocycles. The fourth-order valence-corrected chi connectivity index (χ4v) is 2.54. The summed E-state index contributed by atoms with van der Waals surface area (Å²) < 4.78 is 27.8. The molecule has 1 aromatic carbocycles. The molecule has 132 valence electrons. The van der Waals surface area contributed by atoms with E-state index in [-0.39, 0.29) is 29.7 Å². The van der Waals surface area contributed by atoms with Gasteiger partial charge in [-0.3, -0.25) is 9.59 Å². The number of benzene rings is 1. The maximum Gasteiger partial charge on any atom is 0.244 e. The molecule has 0 radical (unpaired) electrons. The van der Waals surface area contributed by atoms with Gasteiger partial charge in [-0.25, -0.2) is 8.42 Å². The van der Waals surface area contributed by atoms with Crippen LogP contribution in [0.1, 0.15) is 12.2 Å². The molecule has 0 bridgehead atoms. The molecule has 2 aromatic rings. The molecule has 0 atom stereocenters. The van der Waals surface area contributed by atoms with E-state index in [4.69, 9.17) is 4.42 Å². The topological polar surface area (TPSA) is 105 Å². The third kappa shape index (κ3) is 6.27. The van der Waals surface area contributed by atoms with Crippen molar-refractivity contribution in [2.24, 2.45) is 0 Å². The minimum atomic E-state index is -3.27. The van der Waals surface area contributed by atoms with Gasteiger partial charge in [0.2, 0.25) is 11.8 Å². The molecule has 8 heteroatoms. The number of amides is 2. The van der Waals surface area contributed by atoms with Crippen LogP contribution < -0.4 is 10.6 Å². The van der Waals surface area contributed by atoms with Gasteiger partial charge < -0.3 is 15.1 Å². The van der Waals surface area contributed by atoms with Gasteiger partial charge in [0.1, 0.15) is 5.76 Å². The van der Waals surface area contributed by atoms with Crippen LogP contribution in [-0.2, 0) is 19.4 Å². The lowest BCUT2D eigenvalue weighted by atomic mass is 10.3. The van der Waals surface area contributed by atoms with E-state index in [1.165, 1.54) is 42.7 Å². The van der Waals surface area contributed by atoms with Crippen molar-refractivity contribution in [2.75, 3.05) is 18.1 Å². The van der Waals surface area contributed by atoms with Crippen LogP contribution in [0.25, 0.3) is 6.08 Å². The van der Waals surface area contributed by atoms with E-state index in [1.807, 2.05) is 0 Å². The number of carbonyl (C=O) groups excluding carboxylic acids is 2. The number of hydrogen-bond acceptors (Lipinski definition) is 5. The number of sulfone groups is 1. The highest BCUT2D eigenvalue weighted by molar-refractivity contribution is 7.90. The predicted molar refractivity (Wildman–Crippen MR) is 93.6 cm³/mol. The maximum atomic E-state index is 11.8. The van der Waals surface area contributed by atoms with E-state index in [2.05, 4.69) is 10.6 Å². The van der Waals surface area contributed by atoms with Gasteiger partial charge in [0, 0.05) is 31.0 Å². The molecule has 0 fully saturated rings. The van der Waals surface area contributed by atoms with Crippen molar-refractivity contribution in [3.8, 4) is 0 Å². The molecule has 0 aliphatic heterocycles. The smallest absolute Gasteiger partial charge is 0.244 e. The van der Waals surface area contributed by atoms with Crippen molar-refractivity contribution in [1.82, 2.24) is 5.32 Å². The largest absolute Gasteiger partial charge is 0.465 e. The van der Waals surface area contributed by atoms with Crippen LogP contribution in [0.3, 0.4) is 0 Å². The van der Waals surface area contributed by atoms with Gasteiger partial charge in [-0.15, -0.1) is 0 Å². The van der Waals surface area contributed by atoms with E-state index < -0.39 is 9.84 Å². The molecule has 2 N–H and O–H groups in total. The van der Waals surface area contributed by atoms with E-state index >= 15 is 0 Å². The van der Waals surface area contributed by atoms with Crippen molar-refractivity contribution in [3.05, 3.63) is 54.5 Å². The molecule has 0 aliphatic carbocycles. The van der Waals surface area contributed by atoms with Gasteiger partial charge in [0.05, 0.1) is 11.2 Å². The molecule has 2 rings (SSSR count). The van der Waals surface area contributed by atoms with E-state index in [9.17, 15) is 18.0 Å². The van der Waals surface area contributed by atoms with Crippen molar-refractivity contribution in [3.63, 3.8) is 0 Å². The third-order valence-electron chi connectivity index (χ3n) is 3.16. The normalized spacial score (nSPS) is 11.4. The second-order valence-corrected chi connectivity index (χ2v) is 7.25. The first-order valence-electron chi connectivity index (χ1n) is 7.44. The molecular weight excluding hydrogens is 344 g/mol. The zero-order valence-corrected chi connectivity index (χ0v) is 14.4. The molecule has 0 saturated heterocycles. The average molecular weight is 362 g/mol. The summed E-state index contributed by atoms with van der Waals surface area (Å²) in [5.41, 5.74) is 0.487. The minimum Gasteiger partial charge on any atom is -0.465 e. The SMILES string of the molecule is CS(=O)(=O)c1ccc(NC(=O)CCNC(=O)C=Cc2ccco2)cc1. The van der Waals surface area contributed by atoms with Crippen LogP contribution in [0.15, 0.2) is 58.1 Å². The first-order valence-corrected chi connectivity index (χ1v) is 9.33. The van der Waals surface area contributed by atoms with Gasteiger partial charge in [-0.05, 0) is 42.5 Å². The van der Waals surface area contributed by atoms with Crippen molar-refractivity contribution in [1.29, 1.82) is 0 Å². The first kappa shape index (κ1) is 18.5. The Morgan fingerprint density at radius 2 is 1.88 bits per heavy atom. The minimum absolute atomic E-state index is 0.0914. The van der Waals surface area contributed by atoms with Gasteiger partial charge >= 0.3 is 0 Å². The van der Waals surface area contributed by atoms with Crippen LogP contribution in [-0.4, -0.2) is 33.0 Å². The summed E-state index contributed by atoms with van der Waals surface area (Å²) in [6.07, 6.45) is 5.56. The Bertz CT molecular complexity index is 853. The van der Waals surface area contributed by atoms with Crippen LogP contribution in [0, 0.1) is 0 Å². The quantitative estimate of drug-likeness (QED) is 0.731. The Labute approximate surface area is 145 Å². The number of rotatable bonds is 7. The summed E-state index contributed by atoms with van der Waals surface area (Å²) in [5, 5.41) is 5.21. The Balaban J connectivity index is 1.74. The number of nitrogens with one attached hydrogen (secondary N) is 2. The van der Waals surface area contributed by atoms with Crippen LogP contribution in [0.5, 0.6) is 0 Å². The van der Waals surface area contributed by atoms with E-state index in [0.717, 1.165) is 6.26 Å². The Morgan fingerprint density at radius 3 is 2.48 bits per heavy atom. The van der Waals surface area contributed by atoms with Crippen LogP contribution >= 0.6 is 0 Å². The Morgan fingerprint density at radius 1 is 1.16 bits per heavy atom. The number of anilines is 1. The fraction of sp³-hybridized carbons (Fsp3) is 0.176. The molecular formula is C17H18N2O5S. The molecule has 0 aliphatic rings. The standard InChI is InChI=1S/C17H18N2O5S/c1-25(22,23)15-7-4-13(5-8-15)19-17(21)10-11-18-16(20)9-6-14-3-2-12-24-14/h2-9,12H,10-11H2,1H3,(H,18,20)(H,19,21). The highest BCUT2D eigenvalue weighted by Crippen LogP contribution is 2.13. The van der Waals surface area contributed by atoms with Gasteiger partial charge in [-0.1, -0.05) is 0 Å². The van der Waals surface area contributed by atoms with E-state index in [0.29, 0.717) is 11.4 Å². The predicted octanol–water partition coefficient (Wildman–Crippen LogP) is 1.84. The maximum absolute atomic E-state index is 11.8. The second-order valence-electron chi connectivity index (χ2n) is 5.23. The number of hydrogen-bond donors (Lipinski definition) is 2. The first-order chi connectivity index (χ1) is 11.8. The van der Waals surface area contributed by atoms with Crippen molar-refractivity contribution in [2.45, 2.75) is 11.3 Å². The molecule has 25 heavy (non-hydrogen) atoms. The zero-order valence-electron chi connectivity index (χ0n) is 13.6. The fourth-order valence-electron chi connectivity index (χ4n) is 1.91. The van der Waals surface area contributed by atoms with Gasteiger partial charge in [0.15, 0.2) is 9.84 Å². The molecule has 1 aromatic heterocycles. The summed E-state index contributed by atoms with van der Waals surface area (Å²) >= 11 is 0. The summed E-state index contributed by atoms with van der Waals surface area (Å²) in [5.74, 6) is -0.0606. The highest BCUT2D eigenvalue weighted by Gasteiger charge is 2.07. The zero-order chi connectivity index (χ0) is 18.3. The second kappa shape index (κ2) is 8.29. The molecule has 7 nitrogen and oxygen atoms in total. The molecule has 0 spiro atoms. The molecule has 0 saturated carbocycles. The average Bonchev–Trinajstić information content (AvgIpc) is 3.06. The Kier molecular flexibility index (Phi) is 6.13. The third-order valence-corrected chi connectivity index (χ3v) is 4.29. The highest BCUT2D eigenvalue weighted by atomic mass is 32.2. The van der Waals surface area contributed by atoms with Gasteiger partial charge in [-0.2, -0.15) is 0 Å². The van der Waals surface area contributed by atoms with Gasteiger partial charge in [0.25, 0.3) is 0 Å².